The number of carbonyl (C=O) groups excluding carboxylic acids is 1. The van der Waals surface area contributed by atoms with E-state index >= 15 is 0 Å². The maximum atomic E-state index is 12.0. The molecule has 1 atom stereocenters. The number of likely N-dealkylation sites (tertiary alicyclic amines) is 1. The molecular weight excluding hydrogens is 300 g/mol. The first-order valence-corrected chi connectivity index (χ1v) is 8.58. The summed E-state index contributed by atoms with van der Waals surface area (Å²) >= 11 is 0. The second-order valence-electron chi connectivity index (χ2n) is 6.23. The lowest BCUT2D eigenvalue weighted by atomic mass is 10.0. The molecular formula is C20H24N2O2. The molecule has 0 radical (unpaired) electrons. The van der Waals surface area contributed by atoms with Crippen molar-refractivity contribution < 1.29 is 9.21 Å². The third-order valence-electron chi connectivity index (χ3n) is 4.35. The molecule has 126 valence electrons. The molecule has 1 aromatic heterocycles. The molecule has 1 aliphatic heterocycles. The van der Waals surface area contributed by atoms with E-state index in [0.29, 0.717) is 5.76 Å². The normalized spacial score (nSPS) is 18.8. The predicted molar refractivity (Wildman–Crippen MR) is 95.5 cm³/mol. The van der Waals surface area contributed by atoms with Crippen LogP contribution in [-0.4, -0.2) is 36.5 Å². The van der Waals surface area contributed by atoms with Crippen LogP contribution in [0.2, 0.25) is 0 Å². The number of nitrogens with zero attached hydrogens (tertiary/aromatic N) is 1. The smallest absolute Gasteiger partial charge is 0.244 e. The molecule has 24 heavy (non-hydrogen) atoms. The van der Waals surface area contributed by atoms with Crippen LogP contribution in [0.1, 0.15) is 24.2 Å². The lowest BCUT2D eigenvalue weighted by Crippen LogP contribution is -2.47. The first-order chi connectivity index (χ1) is 11.8. The Bertz CT molecular complexity index is 650. The number of amides is 1. The number of furan rings is 1. The lowest BCUT2D eigenvalue weighted by Gasteiger charge is -2.33. The minimum absolute atomic E-state index is 0.0543. The Morgan fingerprint density at radius 1 is 1.25 bits per heavy atom. The van der Waals surface area contributed by atoms with Gasteiger partial charge in [0.15, 0.2) is 0 Å². The number of hydrogen-bond acceptors (Lipinski definition) is 3. The van der Waals surface area contributed by atoms with Crippen LogP contribution in [0.5, 0.6) is 0 Å². The SMILES string of the molecule is O=C(/C=C/c1ccco1)N[C@H]1CCCN(CCc2ccccc2)C1. The Labute approximate surface area is 143 Å². The summed E-state index contributed by atoms with van der Waals surface area (Å²) in [6.45, 7) is 3.08. The van der Waals surface area contributed by atoms with Crippen molar-refractivity contribution in [3.63, 3.8) is 0 Å². The first-order valence-electron chi connectivity index (χ1n) is 8.58. The number of carbonyl (C=O) groups is 1. The predicted octanol–water partition coefficient (Wildman–Crippen LogP) is 3.12. The van der Waals surface area contributed by atoms with Crippen LogP contribution < -0.4 is 5.32 Å². The van der Waals surface area contributed by atoms with Gasteiger partial charge in [0.2, 0.25) is 5.91 Å². The zero-order chi connectivity index (χ0) is 16.6. The summed E-state index contributed by atoms with van der Waals surface area (Å²) in [5, 5.41) is 3.10. The van der Waals surface area contributed by atoms with Crippen LogP contribution in [0, 0.1) is 0 Å². The molecule has 1 aromatic carbocycles. The highest BCUT2D eigenvalue weighted by molar-refractivity contribution is 5.91. The molecule has 3 rings (SSSR count). The molecule has 0 spiro atoms. The highest BCUT2D eigenvalue weighted by Gasteiger charge is 2.20. The highest BCUT2D eigenvalue weighted by Crippen LogP contribution is 2.11. The summed E-state index contributed by atoms with van der Waals surface area (Å²) in [5.41, 5.74) is 1.37. The van der Waals surface area contributed by atoms with Crippen molar-refractivity contribution in [2.45, 2.75) is 25.3 Å². The summed E-state index contributed by atoms with van der Waals surface area (Å²) in [5.74, 6) is 0.639. The van der Waals surface area contributed by atoms with Crippen molar-refractivity contribution in [3.05, 3.63) is 66.1 Å². The van der Waals surface area contributed by atoms with Gasteiger partial charge in [0, 0.05) is 25.2 Å². The van der Waals surface area contributed by atoms with Gasteiger partial charge in [-0.1, -0.05) is 30.3 Å². The number of nitrogens with one attached hydrogen (secondary N) is 1. The summed E-state index contributed by atoms with van der Waals surface area (Å²) < 4.78 is 5.19. The molecule has 4 nitrogen and oxygen atoms in total. The van der Waals surface area contributed by atoms with E-state index in [0.717, 1.165) is 38.9 Å². The van der Waals surface area contributed by atoms with Gasteiger partial charge >= 0.3 is 0 Å². The number of benzene rings is 1. The number of piperidine rings is 1. The average molecular weight is 324 g/mol. The number of hydrogen-bond donors (Lipinski definition) is 1. The fourth-order valence-electron chi connectivity index (χ4n) is 3.10. The Balaban J connectivity index is 1.44. The van der Waals surface area contributed by atoms with E-state index in [9.17, 15) is 4.79 Å². The standard InChI is InChI=1S/C20H24N2O2/c23-20(11-10-19-9-5-15-24-19)21-18-8-4-13-22(16-18)14-12-17-6-2-1-3-7-17/h1-3,5-7,9-11,15,18H,4,8,12-14,16H2,(H,21,23)/b11-10+/t18-/m0/s1. The fourth-order valence-corrected chi connectivity index (χ4v) is 3.10. The van der Waals surface area contributed by atoms with Gasteiger partial charge in [-0.3, -0.25) is 4.79 Å². The summed E-state index contributed by atoms with van der Waals surface area (Å²) in [4.78, 5) is 14.5. The van der Waals surface area contributed by atoms with Crippen LogP contribution in [0.3, 0.4) is 0 Å². The van der Waals surface area contributed by atoms with E-state index in [-0.39, 0.29) is 11.9 Å². The van der Waals surface area contributed by atoms with Gasteiger partial charge in [-0.05, 0) is 49.6 Å². The molecule has 0 aliphatic carbocycles. The molecule has 0 unspecified atom stereocenters. The third kappa shape index (κ3) is 5.10. The highest BCUT2D eigenvalue weighted by atomic mass is 16.3. The lowest BCUT2D eigenvalue weighted by molar-refractivity contribution is -0.117. The van der Waals surface area contributed by atoms with Crippen LogP contribution in [-0.2, 0) is 11.2 Å². The number of rotatable bonds is 6. The topological polar surface area (TPSA) is 45.5 Å². The van der Waals surface area contributed by atoms with Crippen molar-refractivity contribution in [2.75, 3.05) is 19.6 Å². The van der Waals surface area contributed by atoms with E-state index in [1.807, 2.05) is 18.2 Å². The van der Waals surface area contributed by atoms with Crippen LogP contribution in [0.4, 0.5) is 0 Å². The molecule has 2 aromatic rings. The van der Waals surface area contributed by atoms with E-state index in [1.54, 1.807) is 18.4 Å². The quantitative estimate of drug-likeness (QED) is 0.831. The fraction of sp³-hybridized carbons (Fsp3) is 0.350. The largest absolute Gasteiger partial charge is 0.465 e. The second kappa shape index (κ2) is 8.50. The Morgan fingerprint density at radius 3 is 2.92 bits per heavy atom. The molecule has 1 amide bonds. The van der Waals surface area contributed by atoms with Crippen molar-refractivity contribution in [3.8, 4) is 0 Å². The summed E-state index contributed by atoms with van der Waals surface area (Å²) in [7, 11) is 0. The van der Waals surface area contributed by atoms with Crippen LogP contribution >= 0.6 is 0 Å². The first kappa shape index (κ1) is 16.5. The van der Waals surface area contributed by atoms with Crippen molar-refractivity contribution in [2.24, 2.45) is 0 Å². The Hall–Kier alpha value is -2.33. The zero-order valence-corrected chi connectivity index (χ0v) is 13.9. The van der Waals surface area contributed by atoms with Gasteiger partial charge in [0.25, 0.3) is 0 Å². The molecule has 0 bridgehead atoms. The average Bonchev–Trinajstić information content (AvgIpc) is 3.13. The zero-order valence-electron chi connectivity index (χ0n) is 13.9. The molecule has 0 saturated carbocycles. The monoisotopic (exact) mass is 324 g/mol. The van der Waals surface area contributed by atoms with Gasteiger partial charge in [-0.15, -0.1) is 0 Å². The molecule has 1 N–H and O–H groups in total. The van der Waals surface area contributed by atoms with Crippen molar-refractivity contribution in [1.82, 2.24) is 10.2 Å². The maximum absolute atomic E-state index is 12.0. The maximum Gasteiger partial charge on any atom is 0.244 e. The molecule has 1 aliphatic rings. The van der Waals surface area contributed by atoms with Gasteiger partial charge < -0.3 is 14.6 Å². The summed E-state index contributed by atoms with van der Waals surface area (Å²) in [6.07, 6.45) is 8.07. The van der Waals surface area contributed by atoms with Gasteiger partial charge in [0.05, 0.1) is 6.26 Å². The molecule has 1 saturated heterocycles. The van der Waals surface area contributed by atoms with E-state index in [4.69, 9.17) is 4.42 Å². The summed E-state index contributed by atoms with van der Waals surface area (Å²) in [6, 6.07) is 14.4. The van der Waals surface area contributed by atoms with Crippen LogP contribution in [0.15, 0.2) is 59.2 Å². The van der Waals surface area contributed by atoms with Crippen molar-refractivity contribution in [1.29, 1.82) is 0 Å². The minimum atomic E-state index is -0.0543. The van der Waals surface area contributed by atoms with Crippen molar-refractivity contribution >= 4 is 12.0 Å². The van der Waals surface area contributed by atoms with E-state index in [1.165, 1.54) is 5.56 Å². The van der Waals surface area contributed by atoms with Gasteiger partial charge in [-0.2, -0.15) is 0 Å². The van der Waals surface area contributed by atoms with Crippen LogP contribution in [0.25, 0.3) is 6.08 Å². The van der Waals surface area contributed by atoms with E-state index < -0.39 is 0 Å². The minimum Gasteiger partial charge on any atom is -0.465 e. The molecule has 4 heteroatoms. The Kier molecular flexibility index (Phi) is 5.85. The molecule has 2 heterocycles. The third-order valence-corrected chi connectivity index (χ3v) is 4.35. The van der Waals surface area contributed by atoms with E-state index in [2.05, 4.69) is 34.5 Å². The second-order valence-corrected chi connectivity index (χ2v) is 6.23. The molecule has 1 fully saturated rings. The van der Waals surface area contributed by atoms with Gasteiger partial charge in [-0.25, -0.2) is 0 Å². The Morgan fingerprint density at radius 2 is 2.12 bits per heavy atom. The van der Waals surface area contributed by atoms with Gasteiger partial charge in [0.1, 0.15) is 5.76 Å².